The summed E-state index contributed by atoms with van der Waals surface area (Å²) in [5.74, 6) is -3.28. The number of fused-ring (bicyclic) bond motifs is 5. The van der Waals surface area contributed by atoms with Crippen molar-refractivity contribution in [3.8, 4) is 0 Å². The van der Waals surface area contributed by atoms with Crippen LogP contribution < -0.4 is 0 Å². The monoisotopic (exact) mass is 504 g/mol. The summed E-state index contributed by atoms with van der Waals surface area (Å²) < 4.78 is 28.5. The van der Waals surface area contributed by atoms with Crippen molar-refractivity contribution in [2.24, 2.45) is 28.6 Å². The smallest absolute Gasteiger partial charge is 0.306 e. The molecular formula is C28H37FO7. The molecule has 0 spiro atoms. The number of aliphatic hydroxyl groups excluding tert-OH is 1. The number of rotatable bonds is 6. The Morgan fingerprint density at radius 3 is 2.44 bits per heavy atom. The molecule has 198 valence electrons. The molecule has 0 heterocycles. The Bertz CT molecular complexity index is 1050. The van der Waals surface area contributed by atoms with Crippen LogP contribution in [-0.4, -0.2) is 52.6 Å². The quantitative estimate of drug-likeness (QED) is 0.433. The van der Waals surface area contributed by atoms with Crippen LogP contribution in [0.1, 0.15) is 73.1 Å². The van der Waals surface area contributed by atoms with Gasteiger partial charge >= 0.3 is 11.9 Å². The molecule has 4 rings (SSSR count). The van der Waals surface area contributed by atoms with Gasteiger partial charge in [-0.2, -0.15) is 0 Å². The lowest BCUT2D eigenvalue weighted by atomic mass is 9.45. The van der Waals surface area contributed by atoms with E-state index >= 15 is 4.39 Å². The highest BCUT2D eigenvalue weighted by molar-refractivity contribution is 5.94. The van der Waals surface area contributed by atoms with Crippen molar-refractivity contribution in [3.05, 3.63) is 23.8 Å². The Kier molecular flexibility index (Phi) is 6.60. The molecule has 0 bridgehead atoms. The predicted molar refractivity (Wildman–Crippen MR) is 128 cm³/mol. The van der Waals surface area contributed by atoms with E-state index in [4.69, 9.17) is 9.47 Å². The standard InChI is InChI=1S/C28H37FO7/c1-6-23(33)35-15-22(32)28(36-24(34)7-2)16(3)12-20-19-9-8-17-13-18(30)10-11-25(17,4)27(19,29)21(31)14-26(20,28)5/h8,10-11,16,19-21,31H,6-7,9,12-15H2,1-5H3/t16-,19?,20-,21-,25?,26?,27-,28-/m0/s1. The van der Waals surface area contributed by atoms with Gasteiger partial charge in [-0.05, 0) is 38.2 Å². The van der Waals surface area contributed by atoms with Crippen molar-refractivity contribution >= 4 is 23.5 Å². The number of allylic oxidation sites excluding steroid dienone is 4. The molecule has 0 saturated heterocycles. The number of aliphatic hydroxyl groups is 1. The molecule has 36 heavy (non-hydrogen) atoms. The van der Waals surface area contributed by atoms with Crippen molar-refractivity contribution in [1.29, 1.82) is 0 Å². The molecule has 2 fully saturated rings. The second-order valence-corrected chi connectivity index (χ2v) is 11.4. The highest BCUT2D eigenvalue weighted by Crippen LogP contribution is 2.71. The van der Waals surface area contributed by atoms with E-state index in [0.717, 1.165) is 0 Å². The van der Waals surface area contributed by atoms with Crippen LogP contribution in [0.3, 0.4) is 0 Å². The molecule has 0 radical (unpaired) electrons. The average molecular weight is 505 g/mol. The minimum absolute atomic E-state index is 0.0409. The molecule has 8 atom stereocenters. The summed E-state index contributed by atoms with van der Waals surface area (Å²) in [5.41, 5.74) is -5.28. The Hall–Kier alpha value is -2.35. The summed E-state index contributed by atoms with van der Waals surface area (Å²) in [7, 11) is 0. The zero-order chi connectivity index (χ0) is 26.7. The van der Waals surface area contributed by atoms with Crippen LogP contribution in [-0.2, 0) is 28.7 Å². The number of ether oxygens (including phenoxy) is 2. The zero-order valence-electron chi connectivity index (χ0n) is 21.8. The molecule has 4 aliphatic carbocycles. The number of Topliss-reactive ketones (excluding diaryl/α,β-unsaturated/α-hetero) is 1. The van der Waals surface area contributed by atoms with Gasteiger partial charge in [0.15, 0.2) is 23.7 Å². The van der Waals surface area contributed by atoms with Crippen molar-refractivity contribution in [1.82, 2.24) is 0 Å². The Labute approximate surface area is 211 Å². The fourth-order valence-electron chi connectivity index (χ4n) is 7.91. The van der Waals surface area contributed by atoms with Crippen LogP contribution in [0.4, 0.5) is 4.39 Å². The SMILES string of the molecule is CCC(=O)OCC(=O)[C@@]1(OC(=O)CC)[C@@H](C)C[C@H]2C3CC=C4CC(=O)C=CC4(C)[C@@]3(F)[C@@H](O)CC21C. The van der Waals surface area contributed by atoms with Gasteiger partial charge in [0.2, 0.25) is 5.78 Å². The van der Waals surface area contributed by atoms with Crippen LogP contribution in [0, 0.1) is 28.6 Å². The zero-order valence-corrected chi connectivity index (χ0v) is 21.8. The van der Waals surface area contributed by atoms with Crippen molar-refractivity contribution in [2.45, 2.75) is 90.5 Å². The fraction of sp³-hybridized carbons (Fsp3) is 0.714. The van der Waals surface area contributed by atoms with E-state index < -0.39 is 70.3 Å². The van der Waals surface area contributed by atoms with E-state index in [1.165, 1.54) is 6.08 Å². The summed E-state index contributed by atoms with van der Waals surface area (Å²) in [6.07, 6.45) is 4.30. The number of alkyl halides is 1. The molecule has 0 aromatic heterocycles. The van der Waals surface area contributed by atoms with E-state index in [0.29, 0.717) is 18.4 Å². The topological polar surface area (TPSA) is 107 Å². The summed E-state index contributed by atoms with van der Waals surface area (Å²) in [4.78, 5) is 50.3. The van der Waals surface area contributed by atoms with Gasteiger partial charge < -0.3 is 14.6 Å². The number of hydrogen-bond acceptors (Lipinski definition) is 7. The van der Waals surface area contributed by atoms with Gasteiger partial charge in [-0.1, -0.05) is 45.4 Å². The molecule has 2 saturated carbocycles. The summed E-state index contributed by atoms with van der Waals surface area (Å²) in [5, 5.41) is 11.5. The predicted octanol–water partition coefficient (Wildman–Crippen LogP) is 3.82. The third kappa shape index (κ3) is 3.39. The Morgan fingerprint density at radius 2 is 1.81 bits per heavy atom. The maximum absolute atomic E-state index is 17.4. The normalized spacial score (nSPS) is 43.1. The largest absolute Gasteiger partial charge is 0.457 e. The number of halogens is 1. The van der Waals surface area contributed by atoms with E-state index in [1.54, 1.807) is 33.8 Å². The minimum Gasteiger partial charge on any atom is -0.457 e. The molecule has 0 amide bonds. The third-order valence-corrected chi connectivity index (χ3v) is 9.78. The molecular weight excluding hydrogens is 467 g/mol. The molecule has 0 aromatic carbocycles. The van der Waals surface area contributed by atoms with Gasteiger partial charge in [0.1, 0.15) is 0 Å². The summed E-state index contributed by atoms with van der Waals surface area (Å²) in [6.45, 7) is 8.04. The summed E-state index contributed by atoms with van der Waals surface area (Å²) in [6, 6.07) is 0. The molecule has 8 heteroatoms. The second kappa shape index (κ2) is 8.89. The number of ketones is 2. The van der Waals surface area contributed by atoms with Gasteiger partial charge in [-0.25, -0.2) is 4.39 Å². The van der Waals surface area contributed by atoms with E-state index in [2.05, 4.69) is 0 Å². The van der Waals surface area contributed by atoms with Gasteiger partial charge in [0.25, 0.3) is 0 Å². The average Bonchev–Trinajstić information content (AvgIpc) is 3.05. The molecule has 7 nitrogen and oxygen atoms in total. The number of carbonyl (C=O) groups is 4. The van der Waals surface area contributed by atoms with Crippen LogP contribution in [0.5, 0.6) is 0 Å². The van der Waals surface area contributed by atoms with E-state index in [-0.39, 0.29) is 31.5 Å². The van der Waals surface area contributed by atoms with Crippen molar-refractivity contribution in [2.75, 3.05) is 6.61 Å². The highest BCUT2D eigenvalue weighted by atomic mass is 19.1. The number of carbonyl (C=O) groups excluding carboxylic acids is 4. The first-order valence-corrected chi connectivity index (χ1v) is 13.0. The van der Waals surface area contributed by atoms with Gasteiger partial charge in [0.05, 0.1) is 6.10 Å². The maximum atomic E-state index is 17.4. The minimum atomic E-state index is -2.05. The first kappa shape index (κ1) is 26.7. The van der Waals surface area contributed by atoms with Crippen molar-refractivity contribution in [3.63, 3.8) is 0 Å². The Balaban J connectivity index is 1.81. The lowest BCUT2D eigenvalue weighted by molar-refractivity contribution is -0.225. The van der Waals surface area contributed by atoms with Gasteiger partial charge in [-0.3, -0.25) is 19.2 Å². The number of hydrogen-bond donors (Lipinski definition) is 1. The lowest BCUT2D eigenvalue weighted by Crippen LogP contribution is -2.69. The fourth-order valence-corrected chi connectivity index (χ4v) is 7.91. The van der Waals surface area contributed by atoms with Gasteiger partial charge in [0, 0.05) is 41.9 Å². The van der Waals surface area contributed by atoms with Crippen LogP contribution in [0.2, 0.25) is 0 Å². The van der Waals surface area contributed by atoms with E-state index in [1.807, 2.05) is 13.0 Å². The first-order chi connectivity index (χ1) is 16.8. The summed E-state index contributed by atoms with van der Waals surface area (Å²) >= 11 is 0. The van der Waals surface area contributed by atoms with Crippen LogP contribution >= 0.6 is 0 Å². The lowest BCUT2D eigenvalue weighted by Gasteiger charge is -2.62. The molecule has 4 aliphatic rings. The second-order valence-electron chi connectivity index (χ2n) is 11.4. The first-order valence-electron chi connectivity index (χ1n) is 13.0. The third-order valence-electron chi connectivity index (χ3n) is 9.78. The van der Waals surface area contributed by atoms with Gasteiger partial charge in [-0.15, -0.1) is 0 Å². The molecule has 3 unspecified atom stereocenters. The molecule has 0 aliphatic heterocycles. The molecule has 1 N–H and O–H groups in total. The van der Waals surface area contributed by atoms with Crippen molar-refractivity contribution < 1.29 is 38.1 Å². The Morgan fingerprint density at radius 1 is 1.14 bits per heavy atom. The number of esters is 2. The molecule has 0 aromatic rings. The maximum Gasteiger partial charge on any atom is 0.306 e. The van der Waals surface area contributed by atoms with Crippen LogP contribution in [0.15, 0.2) is 23.8 Å². The highest BCUT2D eigenvalue weighted by Gasteiger charge is 2.77. The van der Waals surface area contributed by atoms with E-state index in [9.17, 15) is 24.3 Å². The van der Waals surface area contributed by atoms with Crippen LogP contribution in [0.25, 0.3) is 0 Å².